The number of amides is 3. The summed E-state index contributed by atoms with van der Waals surface area (Å²) in [7, 11) is 0. The molecule has 0 spiro atoms. The molecule has 0 bridgehead atoms. The highest BCUT2D eigenvalue weighted by atomic mass is 127. The third-order valence-corrected chi connectivity index (χ3v) is 5.25. The Hall–Kier alpha value is -1.80. The second kappa shape index (κ2) is 8.73. The lowest BCUT2D eigenvalue weighted by molar-refractivity contribution is 0.0762. The maximum atomic E-state index is 12.6. The van der Waals surface area contributed by atoms with E-state index < -0.39 is 0 Å². The molecule has 5 nitrogen and oxygen atoms in total. The van der Waals surface area contributed by atoms with Gasteiger partial charge in [-0.1, -0.05) is 29.8 Å². The van der Waals surface area contributed by atoms with E-state index in [-0.39, 0.29) is 11.9 Å². The highest BCUT2D eigenvalue weighted by Crippen LogP contribution is 2.24. The Morgan fingerprint density at radius 2 is 1.65 bits per heavy atom. The van der Waals surface area contributed by atoms with Gasteiger partial charge in [0.05, 0.1) is 10.7 Å². The van der Waals surface area contributed by atoms with E-state index in [1.165, 1.54) is 0 Å². The zero-order valence-electron chi connectivity index (χ0n) is 14.1. The monoisotopic (exact) mass is 483 g/mol. The summed E-state index contributed by atoms with van der Waals surface area (Å²) in [5.74, 6) is 0.00790. The van der Waals surface area contributed by atoms with Crippen LogP contribution in [-0.4, -0.2) is 47.9 Å². The molecule has 1 aliphatic rings. The number of nitrogens with one attached hydrogen (secondary N) is 1. The number of carbonyl (C=O) groups excluding carboxylic acids is 2. The van der Waals surface area contributed by atoms with Crippen molar-refractivity contribution < 1.29 is 9.59 Å². The highest BCUT2D eigenvalue weighted by Gasteiger charge is 2.23. The normalized spacial score (nSPS) is 14.7. The average Bonchev–Trinajstić information content (AvgIpc) is 2.90. The molecule has 2 aromatic carbocycles. The van der Waals surface area contributed by atoms with Crippen molar-refractivity contribution in [2.24, 2.45) is 0 Å². The molecule has 1 N–H and O–H groups in total. The maximum Gasteiger partial charge on any atom is 0.321 e. The molecular formula is C19H19ClIN3O2. The summed E-state index contributed by atoms with van der Waals surface area (Å²) in [5, 5.41) is 3.37. The Kier molecular flexibility index (Phi) is 6.37. The predicted octanol–water partition coefficient (Wildman–Crippen LogP) is 4.32. The Labute approximate surface area is 171 Å². The van der Waals surface area contributed by atoms with Crippen LogP contribution in [0.3, 0.4) is 0 Å². The lowest BCUT2D eigenvalue weighted by Gasteiger charge is -2.23. The number of anilines is 1. The average molecular weight is 484 g/mol. The Balaban J connectivity index is 1.61. The summed E-state index contributed by atoms with van der Waals surface area (Å²) in [6.45, 7) is 2.25. The van der Waals surface area contributed by atoms with Crippen molar-refractivity contribution in [1.29, 1.82) is 0 Å². The number of benzene rings is 2. The van der Waals surface area contributed by atoms with Crippen molar-refractivity contribution >= 4 is 51.8 Å². The number of rotatable bonds is 2. The molecule has 136 valence electrons. The number of halogens is 2. The van der Waals surface area contributed by atoms with Gasteiger partial charge in [-0.2, -0.15) is 0 Å². The van der Waals surface area contributed by atoms with Crippen molar-refractivity contribution in [1.82, 2.24) is 9.80 Å². The van der Waals surface area contributed by atoms with Crippen LogP contribution in [0, 0.1) is 3.57 Å². The summed E-state index contributed by atoms with van der Waals surface area (Å²) in [4.78, 5) is 28.7. The van der Waals surface area contributed by atoms with Crippen LogP contribution in [0.15, 0.2) is 48.5 Å². The third kappa shape index (κ3) is 4.67. The summed E-state index contributed by atoms with van der Waals surface area (Å²) in [6.07, 6.45) is 0.742. The number of carbonyl (C=O) groups is 2. The van der Waals surface area contributed by atoms with Gasteiger partial charge in [0.25, 0.3) is 5.91 Å². The van der Waals surface area contributed by atoms with E-state index in [0.29, 0.717) is 42.5 Å². The molecule has 2 aromatic rings. The van der Waals surface area contributed by atoms with Gasteiger partial charge < -0.3 is 15.1 Å². The van der Waals surface area contributed by atoms with Crippen LogP contribution >= 0.6 is 34.2 Å². The van der Waals surface area contributed by atoms with Crippen molar-refractivity contribution in [3.05, 3.63) is 62.7 Å². The van der Waals surface area contributed by atoms with Crippen LogP contribution in [0.4, 0.5) is 10.5 Å². The number of hydrogen-bond donors (Lipinski definition) is 1. The van der Waals surface area contributed by atoms with Crippen LogP contribution in [0.1, 0.15) is 16.8 Å². The van der Waals surface area contributed by atoms with Gasteiger partial charge in [0.15, 0.2) is 0 Å². The van der Waals surface area contributed by atoms with Crippen LogP contribution < -0.4 is 5.32 Å². The molecule has 0 unspecified atom stereocenters. The first-order valence-electron chi connectivity index (χ1n) is 8.40. The summed E-state index contributed by atoms with van der Waals surface area (Å²) < 4.78 is 1.01. The molecule has 1 saturated heterocycles. The molecule has 26 heavy (non-hydrogen) atoms. The minimum Gasteiger partial charge on any atom is -0.337 e. The van der Waals surface area contributed by atoms with Crippen molar-refractivity contribution in [2.45, 2.75) is 6.42 Å². The van der Waals surface area contributed by atoms with E-state index in [1.54, 1.807) is 21.9 Å². The minimum absolute atomic E-state index is 0.00790. The molecule has 0 aromatic heterocycles. The van der Waals surface area contributed by atoms with Gasteiger partial charge in [-0.3, -0.25) is 4.79 Å². The number of urea groups is 1. The SMILES string of the molecule is O=C(Nc1ccc(I)cc1Cl)N1CCCN(C(=O)c2ccccc2)CC1. The van der Waals surface area contributed by atoms with E-state index in [1.807, 2.05) is 36.4 Å². The zero-order chi connectivity index (χ0) is 18.5. The van der Waals surface area contributed by atoms with Crippen molar-refractivity contribution in [3.63, 3.8) is 0 Å². The second-order valence-corrected chi connectivity index (χ2v) is 7.71. The Bertz CT molecular complexity index is 801. The van der Waals surface area contributed by atoms with Gasteiger partial charge in [-0.15, -0.1) is 0 Å². The first-order valence-corrected chi connectivity index (χ1v) is 9.85. The molecular weight excluding hydrogens is 465 g/mol. The fraction of sp³-hybridized carbons (Fsp3) is 0.263. The molecule has 7 heteroatoms. The first-order chi connectivity index (χ1) is 12.5. The molecule has 1 aliphatic heterocycles. The van der Waals surface area contributed by atoms with Gasteiger partial charge >= 0.3 is 6.03 Å². The zero-order valence-corrected chi connectivity index (χ0v) is 17.0. The maximum absolute atomic E-state index is 12.6. The molecule has 0 radical (unpaired) electrons. The fourth-order valence-electron chi connectivity index (χ4n) is 2.87. The van der Waals surface area contributed by atoms with Crippen LogP contribution in [0.2, 0.25) is 5.02 Å². The topological polar surface area (TPSA) is 52.7 Å². The fourth-order valence-corrected chi connectivity index (χ4v) is 3.78. The summed E-state index contributed by atoms with van der Waals surface area (Å²) in [6, 6.07) is 14.5. The quantitative estimate of drug-likeness (QED) is 0.647. The molecule has 0 saturated carbocycles. The summed E-state index contributed by atoms with van der Waals surface area (Å²) >= 11 is 8.36. The molecule has 3 rings (SSSR count). The molecule has 1 heterocycles. The third-order valence-electron chi connectivity index (χ3n) is 4.26. The van der Waals surface area contributed by atoms with Gasteiger partial charge in [-0.05, 0) is 59.3 Å². The Morgan fingerprint density at radius 1 is 0.962 bits per heavy atom. The van der Waals surface area contributed by atoms with Crippen LogP contribution in [0.5, 0.6) is 0 Å². The van der Waals surface area contributed by atoms with Crippen molar-refractivity contribution in [3.8, 4) is 0 Å². The van der Waals surface area contributed by atoms with Gasteiger partial charge in [-0.25, -0.2) is 4.79 Å². The van der Waals surface area contributed by atoms with Gasteiger partial charge in [0.2, 0.25) is 0 Å². The van der Waals surface area contributed by atoms with Gasteiger partial charge in [0.1, 0.15) is 0 Å². The molecule has 3 amide bonds. The van der Waals surface area contributed by atoms with Crippen LogP contribution in [0.25, 0.3) is 0 Å². The lowest BCUT2D eigenvalue weighted by Crippen LogP contribution is -2.39. The van der Waals surface area contributed by atoms with E-state index in [4.69, 9.17) is 11.6 Å². The van der Waals surface area contributed by atoms with Crippen LogP contribution in [-0.2, 0) is 0 Å². The second-order valence-electron chi connectivity index (χ2n) is 6.05. The van der Waals surface area contributed by atoms with E-state index in [0.717, 1.165) is 9.99 Å². The van der Waals surface area contributed by atoms with E-state index in [2.05, 4.69) is 27.9 Å². The molecule has 0 atom stereocenters. The predicted molar refractivity (Wildman–Crippen MR) is 112 cm³/mol. The number of hydrogen-bond acceptors (Lipinski definition) is 2. The standard InChI is InChI=1S/C19H19ClIN3O2/c20-16-13-15(21)7-8-17(16)22-19(26)24-10-4-9-23(11-12-24)18(25)14-5-2-1-3-6-14/h1-3,5-8,13H,4,9-12H2,(H,22,26). The highest BCUT2D eigenvalue weighted by molar-refractivity contribution is 14.1. The largest absolute Gasteiger partial charge is 0.337 e. The van der Waals surface area contributed by atoms with E-state index >= 15 is 0 Å². The van der Waals surface area contributed by atoms with Crippen molar-refractivity contribution in [2.75, 3.05) is 31.5 Å². The number of nitrogens with zero attached hydrogens (tertiary/aromatic N) is 2. The molecule has 1 fully saturated rings. The minimum atomic E-state index is -0.192. The summed E-state index contributed by atoms with van der Waals surface area (Å²) in [5.41, 5.74) is 1.27. The first kappa shape index (κ1) is 19.0. The smallest absolute Gasteiger partial charge is 0.321 e. The molecule has 0 aliphatic carbocycles. The van der Waals surface area contributed by atoms with E-state index in [9.17, 15) is 9.59 Å². The lowest BCUT2D eigenvalue weighted by atomic mass is 10.2. The Morgan fingerprint density at radius 3 is 2.38 bits per heavy atom. The van der Waals surface area contributed by atoms with Gasteiger partial charge in [0, 0.05) is 35.3 Å².